The van der Waals surface area contributed by atoms with E-state index in [1.165, 1.54) is 11.8 Å². The summed E-state index contributed by atoms with van der Waals surface area (Å²) >= 11 is 13.7. The molecule has 0 saturated carbocycles. The number of para-hydroxylation sites is 1. The Morgan fingerprint density at radius 3 is 2.47 bits per heavy atom. The summed E-state index contributed by atoms with van der Waals surface area (Å²) < 4.78 is 7.71. The molecule has 7 nitrogen and oxygen atoms in total. The van der Waals surface area contributed by atoms with E-state index in [0.29, 0.717) is 38.9 Å². The van der Waals surface area contributed by atoms with Crippen molar-refractivity contribution in [2.45, 2.75) is 23.9 Å². The zero-order chi connectivity index (χ0) is 24.1. The largest absolute Gasteiger partial charge is 0.487 e. The van der Waals surface area contributed by atoms with E-state index in [4.69, 9.17) is 27.9 Å². The molecule has 1 atom stereocenters. The zero-order valence-electron chi connectivity index (χ0n) is 18.1. The topological polar surface area (TPSA) is 83.1 Å². The molecule has 1 aromatic heterocycles. The Labute approximate surface area is 210 Å². The third kappa shape index (κ3) is 5.88. The minimum atomic E-state index is -0.524. The minimum Gasteiger partial charge on any atom is -0.487 e. The molecule has 0 fully saturated rings. The maximum Gasteiger partial charge on any atom is 0.220 e. The third-order valence-corrected chi connectivity index (χ3v) is 6.74. The van der Waals surface area contributed by atoms with E-state index >= 15 is 0 Å². The molecule has 0 saturated heterocycles. The Balaban J connectivity index is 1.56. The van der Waals surface area contributed by atoms with Crippen molar-refractivity contribution in [3.8, 4) is 11.4 Å². The first kappa shape index (κ1) is 24.1. The third-order valence-electron chi connectivity index (χ3n) is 5.01. The number of hydrogen-bond donors (Lipinski definition) is 0. The van der Waals surface area contributed by atoms with Gasteiger partial charge in [-0.1, -0.05) is 71.4 Å². The van der Waals surface area contributed by atoms with Gasteiger partial charge >= 0.3 is 0 Å². The van der Waals surface area contributed by atoms with Gasteiger partial charge in [0, 0.05) is 15.6 Å². The van der Waals surface area contributed by atoms with Gasteiger partial charge < -0.3 is 4.74 Å². The van der Waals surface area contributed by atoms with Crippen molar-refractivity contribution in [2.75, 3.05) is 6.54 Å². The summed E-state index contributed by atoms with van der Waals surface area (Å²) in [5.74, 6) is 1.19. The monoisotopic (exact) mass is 514 g/mol. The lowest BCUT2D eigenvalue weighted by atomic mass is 10.1. The average molecular weight is 515 g/mol. The number of hydrogen-bond acceptors (Lipinski definition) is 6. The van der Waals surface area contributed by atoms with E-state index in [1.54, 1.807) is 30.3 Å². The lowest BCUT2D eigenvalue weighted by Crippen LogP contribution is -2.11. The Hall–Kier alpha value is -3.07. The standard InChI is InChI=1S/C24H20Cl2N4O3S/c1-16-27-28-24(30(16)20-5-3-2-4-6-20)34-23(14-29(31)32)18-9-12-22(21(26)13-18)33-15-17-7-10-19(25)11-8-17/h2-13,23H,14-15H2,1H3/t23-/m1/s1. The number of aromatic nitrogens is 3. The van der Waals surface area contributed by atoms with E-state index in [9.17, 15) is 10.1 Å². The number of ether oxygens (including phenoxy) is 1. The average Bonchev–Trinajstić information content (AvgIpc) is 3.19. The molecule has 0 bridgehead atoms. The minimum absolute atomic E-state index is 0.299. The predicted molar refractivity (Wildman–Crippen MR) is 134 cm³/mol. The van der Waals surface area contributed by atoms with Crippen LogP contribution in [0.15, 0.2) is 78.0 Å². The highest BCUT2D eigenvalue weighted by Crippen LogP contribution is 2.38. The van der Waals surface area contributed by atoms with Crippen LogP contribution in [0, 0.1) is 17.0 Å². The molecule has 1 heterocycles. The van der Waals surface area contributed by atoms with Crippen LogP contribution in [-0.4, -0.2) is 26.2 Å². The Bertz CT molecular complexity index is 1280. The number of benzene rings is 3. The Morgan fingerprint density at radius 1 is 1.06 bits per heavy atom. The number of rotatable bonds is 9. The maximum atomic E-state index is 11.5. The lowest BCUT2D eigenvalue weighted by molar-refractivity contribution is -0.479. The summed E-state index contributed by atoms with van der Waals surface area (Å²) in [5, 5.41) is 21.0. The summed E-state index contributed by atoms with van der Waals surface area (Å²) in [6.07, 6.45) is 0. The molecular weight excluding hydrogens is 495 g/mol. The zero-order valence-corrected chi connectivity index (χ0v) is 20.4. The summed E-state index contributed by atoms with van der Waals surface area (Å²) in [5.41, 5.74) is 2.53. The van der Waals surface area contributed by atoms with Gasteiger partial charge in [0.25, 0.3) is 0 Å². The van der Waals surface area contributed by atoms with Gasteiger partial charge in [-0.25, -0.2) is 0 Å². The first-order valence-corrected chi connectivity index (χ1v) is 12.0. The summed E-state index contributed by atoms with van der Waals surface area (Å²) in [6, 6.07) is 22.2. The molecule has 0 spiro atoms. The molecule has 34 heavy (non-hydrogen) atoms. The number of aryl methyl sites for hydroxylation is 1. The van der Waals surface area contributed by atoms with Crippen LogP contribution in [-0.2, 0) is 6.61 Å². The van der Waals surface area contributed by atoms with Crippen LogP contribution in [0.4, 0.5) is 0 Å². The van der Waals surface area contributed by atoms with Crippen molar-refractivity contribution < 1.29 is 9.66 Å². The smallest absolute Gasteiger partial charge is 0.220 e. The second kappa shape index (κ2) is 10.9. The second-order valence-electron chi connectivity index (χ2n) is 7.43. The molecule has 3 aromatic carbocycles. The van der Waals surface area contributed by atoms with E-state index in [1.807, 2.05) is 54.0 Å². The van der Waals surface area contributed by atoms with Gasteiger partial charge in [0.05, 0.1) is 5.02 Å². The molecule has 0 amide bonds. The molecule has 4 aromatic rings. The van der Waals surface area contributed by atoms with Crippen LogP contribution in [0.1, 0.15) is 22.2 Å². The van der Waals surface area contributed by atoms with E-state index in [-0.39, 0.29) is 11.5 Å². The summed E-state index contributed by atoms with van der Waals surface area (Å²) in [4.78, 5) is 11.1. The van der Waals surface area contributed by atoms with Crippen molar-refractivity contribution in [1.29, 1.82) is 0 Å². The van der Waals surface area contributed by atoms with Crippen molar-refractivity contribution >= 4 is 35.0 Å². The highest BCUT2D eigenvalue weighted by Gasteiger charge is 2.24. The van der Waals surface area contributed by atoms with Crippen molar-refractivity contribution in [3.63, 3.8) is 0 Å². The fourth-order valence-corrected chi connectivity index (χ4v) is 4.88. The summed E-state index contributed by atoms with van der Waals surface area (Å²) in [7, 11) is 0. The number of nitro groups is 1. The molecule has 0 unspecified atom stereocenters. The van der Waals surface area contributed by atoms with Gasteiger partial charge in [-0.05, 0) is 54.4 Å². The van der Waals surface area contributed by atoms with Gasteiger partial charge in [0.15, 0.2) is 5.16 Å². The fourth-order valence-electron chi connectivity index (χ4n) is 3.34. The second-order valence-corrected chi connectivity index (χ2v) is 9.44. The van der Waals surface area contributed by atoms with Crippen molar-refractivity contribution in [1.82, 2.24) is 14.8 Å². The van der Waals surface area contributed by atoms with Crippen LogP contribution in [0.5, 0.6) is 5.75 Å². The van der Waals surface area contributed by atoms with Crippen LogP contribution < -0.4 is 4.74 Å². The van der Waals surface area contributed by atoms with E-state index in [2.05, 4.69) is 10.2 Å². The number of halogens is 2. The molecule has 0 N–H and O–H groups in total. The van der Waals surface area contributed by atoms with Crippen LogP contribution in [0.2, 0.25) is 10.0 Å². The van der Waals surface area contributed by atoms with Gasteiger partial charge in [-0.2, -0.15) is 0 Å². The molecule has 4 rings (SSSR count). The molecule has 0 aliphatic carbocycles. The molecule has 0 aliphatic heterocycles. The molecule has 0 radical (unpaired) electrons. The highest BCUT2D eigenvalue weighted by atomic mass is 35.5. The van der Waals surface area contributed by atoms with Gasteiger partial charge in [0.1, 0.15) is 23.4 Å². The Morgan fingerprint density at radius 2 is 1.79 bits per heavy atom. The van der Waals surface area contributed by atoms with Gasteiger partial charge in [0.2, 0.25) is 6.54 Å². The number of nitrogens with zero attached hydrogens (tertiary/aromatic N) is 4. The van der Waals surface area contributed by atoms with E-state index < -0.39 is 5.25 Å². The quantitative estimate of drug-likeness (QED) is 0.142. The highest BCUT2D eigenvalue weighted by molar-refractivity contribution is 7.99. The lowest BCUT2D eigenvalue weighted by Gasteiger charge is -2.16. The number of thioether (sulfide) groups is 1. The molecular formula is C24H20Cl2N4O3S. The fraction of sp³-hybridized carbons (Fsp3) is 0.167. The summed E-state index contributed by atoms with van der Waals surface area (Å²) in [6.45, 7) is 1.87. The molecule has 10 heteroatoms. The first-order chi connectivity index (χ1) is 16.4. The van der Waals surface area contributed by atoms with Gasteiger partial charge in [-0.3, -0.25) is 14.7 Å². The normalized spacial score (nSPS) is 11.9. The van der Waals surface area contributed by atoms with Crippen molar-refractivity contribution in [2.24, 2.45) is 0 Å². The Kier molecular flexibility index (Phi) is 7.72. The SMILES string of the molecule is Cc1nnc(S[C@H](C[N+](=O)[O-])c2ccc(OCc3ccc(Cl)cc3)c(Cl)c2)n1-c1ccccc1. The van der Waals surface area contributed by atoms with Gasteiger partial charge in [-0.15, -0.1) is 10.2 Å². The van der Waals surface area contributed by atoms with Crippen molar-refractivity contribution in [3.05, 3.63) is 110 Å². The predicted octanol–water partition coefficient (Wildman–Crippen LogP) is 6.57. The van der Waals surface area contributed by atoms with E-state index in [0.717, 1.165) is 11.3 Å². The molecule has 174 valence electrons. The van der Waals surface area contributed by atoms with Crippen LogP contribution in [0.3, 0.4) is 0 Å². The first-order valence-electron chi connectivity index (χ1n) is 10.3. The molecule has 0 aliphatic rings. The van der Waals surface area contributed by atoms with Crippen LogP contribution in [0.25, 0.3) is 5.69 Å². The maximum absolute atomic E-state index is 11.5. The van der Waals surface area contributed by atoms with Crippen LogP contribution >= 0.6 is 35.0 Å².